The van der Waals surface area contributed by atoms with Crippen LogP contribution in [0.2, 0.25) is 0 Å². The maximum absolute atomic E-state index is 11.2. The Morgan fingerprint density at radius 2 is 1.90 bits per heavy atom. The number of carbonyl (C=O) groups is 2. The highest BCUT2D eigenvalue weighted by Crippen LogP contribution is 2.28. The van der Waals surface area contributed by atoms with Crippen LogP contribution in [0.3, 0.4) is 0 Å². The van der Waals surface area contributed by atoms with Gasteiger partial charge in [0.15, 0.2) is 0 Å². The minimum absolute atomic E-state index is 0.126. The lowest BCUT2D eigenvalue weighted by Gasteiger charge is -2.29. The molecule has 1 unspecified atom stereocenters. The van der Waals surface area contributed by atoms with Crippen molar-refractivity contribution in [2.24, 2.45) is 17.4 Å². The van der Waals surface area contributed by atoms with Gasteiger partial charge in [-0.3, -0.25) is 4.79 Å². The molecule has 0 aromatic heterocycles. The van der Waals surface area contributed by atoms with Crippen molar-refractivity contribution in [1.29, 1.82) is 0 Å². The van der Waals surface area contributed by atoms with Gasteiger partial charge in [0.05, 0.1) is 5.56 Å². The highest BCUT2D eigenvalue weighted by Gasteiger charge is 2.35. The summed E-state index contributed by atoms with van der Waals surface area (Å²) in [6, 6.07) is 6.22. The Hall–Kier alpha value is -2.44. The molecule has 0 saturated carbocycles. The van der Waals surface area contributed by atoms with Gasteiger partial charge < -0.3 is 21.7 Å². The number of nitrogens with two attached hydrogens (primary N) is 2. The fraction of sp³-hybridized carbons (Fsp3) is 0.143. The molecule has 1 aromatic carbocycles. The summed E-state index contributed by atoms with van der Waals surface area (Å²) in [5.41, 5.74) is 11.3. The molecule has 0 heterocycles. The number of hydrogen-bond donors (Lipinski definition) is 4. The van der Waals surface area contributed by atoms with Gasteiger partial charge in [-0.15, -0.1) is 0 Å². The molecule has 0 radical (unpaired) electrons. The number of aliphatic carboxylic acids is 1. The highest BCUT2D eigenvalue weighted by molar-refractivity contribution is 5.90. The average molecular weight is 274 g/mol. The lowest BCUT2D eigenvalue weighted by Crippen LogP contribution is -2.56. The van der Waals surface area contributed by atoms with E-state index in [1.54, 1.807) is 18.2 Å². The fourth-order valence-electron chi connectivity index (χ4n) is 2.03. The molecule has 104 valence electrons. The number of benzene rings is 1. The molecule has 6 heteroatoms. The lowest BCUT2D eigenvalue weighted by atomic mass is 9.84. The Labute approximate surface area is 115 Å². The topological polar surface area (TPSA) is 127 Å². The molecule has 1 aliphatic rings. The minimum Gasteiger partial charge on any atom is -0.481 e. The van der Waals surface area contributed by atoms with Gasteiger partial charge in [0, 0.05) is 0 Å². The molecular weight excluding hydrogens is 260 g/mol. The first kappa shape index (κ1) is 14.0. The average Bonchev–Trinajstić information content (AvgIpc) is 2.38. The number of hydrogen-bond acceptors (Lipinski definition) is 4. The number of aromatic carboxylic acids is 1. The summed E-state index contributed by atoms with van der Waals surface area (Å²) >= 11 is 0. The zero-order chi connectivity index (χ0) is 14.9. The molecule has 0 aliphatic heterocycles. The van der Waals surface area contributed by atoms with E-state index in [4.69, 9.17) is 21.7 Å². The third-order valence-electron chi connectivity index (χ3n) is 3.15. The molecule has 0 fully saturated rings. The van der Waals surface area contributed by atoms with Gasteiger partial charge in [0.1, 0.15) is 11.6 Å². The summed E-state index contributed by atoms with van der Waals surface area (Å²) in [6.45, 7) is 0. The van der Waals surface area contributed by atoms with E-state index in [1.807, 2.05) is 0 Å². The maximum atomic E-state index is 11.2. The van der Waals surface area contributed by atoms with Gasteiger partial charge in [-0.1, -0.05) is 24.3 Å². The first-order valence-electron chi connectivity index (χ1n) is 5.86. The number of carboxylic acids is 2. The standard InChI is InChI=1S/C14H14N2O4/c15-14(16)5-4-9(7-11(14)13(19)20)8-2-1-3-10(6-8)12(17)18/h1-7,11H,15-16H2,(H,17,18)(H,19,20). The third kappa shape index (κ3) is 2.61. The van der Waals surface area contributed by atoms with Crippen molar-refractivity contribution >= 4 is 17.5 Å². The van der Waals surface area contributed by atoms with E-state index >= 15 is 0 Å². The molecule has 2 rings (SSSR count). The second kappa shape index (κ2) is 4.92. The monoisotopic (exact) mass is 274 g/mol. The van der Waals surface area contributed by atoms with Crippen molar-refractivity contribution in [3.8, 4) is 0 Å². The molecule has 20 heavy (non-hydrogen) atoms. The normalized spacial score (nSPS) is 20.3. The number of carboxylic acid groups (broad SMARTS) is 2. The first-order chi connectivity index (χ1) is 9.31. The molecule has 6 N–H and O–H groups in total. The van der Waals surface area contributed by atoms with Crippen LogP contribution in [0.5, 0.6) is 0 Å². The van der Waals surface area contributed by atoms with E-state index in [2.05, 4.69) is 0 Å². The summed E-state index contributed by atoms with van der Waals surface area (Å²) in [4.78, 5) is 22.1. The van der Waals surface area contributed by atoms with Gasteiger partial charge >= 0.3 is 11.9 Å². The Morgan fingerprint density at radius 1 is 1.20 bits per heavy atom. The number of allylic oxidation sites excluding steroid dienone is 2. The van der Waals surface area contributed by atoms with Crippen LogP contribution in [0, 0.1) is 5.92 Å². The lowest BCUT2D eigenvalue weighted by molar-refractivity contribution is -0.141. The second-order valence-electron chi connectivity index (χ2n) is 4.66. The fourth-order valence-corrected chi connectivity index (χ4v) is 2.03. The van der Waals surface area contributed by atoms with Gasteiger partial charge in [-0.05, 0) is 29.3 Å². The van der Waals surface area contributed by atoms with Crippen LogP contribution in [0.1, 0.15) is 15.9 Å². The molecule has 1 aromatic rings. The van der Waals surface area contributed by atoms with E-state index in [0.29, 0.717) is 11.1 Å². The molecule has 0 spiro atoms. The SMILES string of the molecule is NC1(N)C=CC(c2cccc(C(=O)O)c2)=CC1C(=O)O. The molecule has 6 nitrogen and oxygen atoms in total. The van der Waals surface area contributed by atoms with Crippen molar-refractivity contribution < 1.29 is 19.8 Å². The Balaban J connectivity index is 2.43. The minimum atomic E-state index is -1.46. The number of rotatable bonds is 3. The van der Waals surface area contributed by atoms with Gasteiger partial charge in [-0.2, -0.15) is 0 Å². The van der Waals surface area contributed by atoms with Crippen molar-refractivity contribution in [2.45, 2.75) is 5.66 Å². The molecule has 0 bridgehead atoms. The Bertz CT molecular complexity index is 632. The molecule has 1 aliphatic carbocycles. The highest BCUT2D eigenvalue weighted by atomic mass is 16.4. The van der Waals surface area contributed by atoms with Gasteiger partial charge in [0.25, 0.3) is 0 Å². The predicted molar refractivity (Wildman–Crippen MR) is 72.7 cm³/mol. The third-order valence-corrected chi connectivity index (χ3v) is 3.15. The van der Waals surface area contributed by atoms with E-state index in [9.17, 15) is 9.59 Å². The van der Waals surface area contributed by atoms with Crippen LogP contribution >= 0.6 is 0 Å². The van der Waals surface area contributed by atoms with Crippen LogP contribution in [-0.4, -0.2) is 27.8 Å². The van der Waals surface area contributed by atoms with Crippen LogP contribution in [0.4, 0.5) is 0 Å². The van der Waals surface area contributed by atoms with Crippen molar-refractivity contribution in [1.82, 2.24) is 0 Å². The summed E-state index contributed by atoms with van der Waals surface area (Å²) in [6.07, 6.45) is 4.44. The van der Waals surface area contributed by atoms with Gasteiger partial charge in [0.2, 0.25) is 0 Å². The summed E-state index contributed by atoms with van der Waals surface area (Å²) in [5, 5.41) is 18.1. The molecule has 1 atom stereocenters. The maximum Gasteiger partial charge on any atom is 0.335 e. The predicted octanol–water partition coefficient (Wildman–Crippen LogP) is 0.652. The quantitative estimate of drug-likeness (QED) is 0.599. The molecular formula is C14H14N2O4. The van der Waals surface area contributed by atoms with Crippen LogP contribution in [0.15, 0.2) is 42.5 Å². The largest absolute Gasteiger partial charge is 0.481 e. The second-order valence-corrected chi connectivity index (χ2v) is 4.66. The van der Waals surface area contributed by atoms with Crippen LogP contribution < -0.4 is 11.5 Å². The zero-order valence-electron chi connectivity index (χ0n) is 10.5. The van der Waals surface area contributed by atoms with Crippen molar-refractivity contribution in [3.05, 3.63) is 53.6 Å². The molecule has 0 amide bonds. The summed E-state index contributed by atoms with van der Waals surface area (Å²) < 4.78 is 0. The van der Waals surface area contributed by atoms with Gasteiger partial charge in [-0.25, -0.2) is 4.79 Å². The van der Waals surface area contributed by atoms with E-state index in [-0.39, 0.29) is 5.56 Å². The van der Waals surface area contributed by atoms with E-state index in [0.717, 1.165) is 0 Å². The summed E-state index contributed by atoms with van der Waals surface area (Å²) in [7, 11) is 0. The van der Waals surface area contributed by atoms with Crippen molar-refractivity contribution in [2.75, 3.05) is 0 Å². The van der Waals surface area contributed by atoms with Crippen LogP contribution in [-0.2, 0) is 4.79 Å². The van der Waals surface area contributed by atoms with Crippen molar-refractivity contribution in [3.63, 3.8) is 0 Å². The smallest absolute Gasteiger partial charge is 0.335 e. The first-order valence-corrected chi connectivity index (χ1v) is 5.86. The van der Waals surface area contributed by atoms with Crippen LogP contribution in [0.25, 0.3) is 5.57 Å². The zero-order valence-corrected chi connectivity index (χ0v) is 10.5. The Morgan fingerprint density at radius 3 is 2.50 bits per heavy atom. The Kier molecular flexibility index (Phi) is 3.44. The summed E-state index contributed by atoms with van der Waals surface area (Å²) in [5.74, 6) is -3.25. The molecule has 0 saturated heterocycles. The van der Waals surface area contributed by atoms with E-state index in [1.165, 1.54) is 24.3 Å². The van der Waals surface area contributed by atoms with E-state index < -0.39 is 23.5 Å².